The Morgan fingerprint density at radius 3 is 2.62 bits per heavy atom. The van der Waals surface area contributed by atoms with E-state index in [1.165, 1.54) is 0 Å². The number of amides is 3. The number of hydrogen-bond donors (Lipinski definition) is 2. The van der Waals surface area contributed by atoms with E-state index in [2.05, 4.69) is 10.6 Å². The molecule has 0 saturated carbocycles. The molecule has 2 aliphatic heterocycles. The van der Waals surface area contributed by atoms with Gasteiger partial charge in [-0.1, -0.05) is 54.6 Å². The van der Waals surface area contributed by atoms with Gasteiger partial charge in [-0.15, -0.1) is 0 Å². The van der Waals surface area contributed by atoms with Crippen LogP contribution in [-0.2, 0) is 20.9 Å². The van der Waals surface area contributed by atoms with Gasteiger partial charge in [-0.05, 0) is 56.9 Å². The molecule has 0 spiro atoms. The van der Waals surface area contributed by atoms with Crippen LogP contribution in [0.1, 0.15) is 50.8 Å². The van der Waals surface area contributed by atoms with Crippen LogP contribution in [0.4, 0.5) is 15.3 Å². The van der Waals surface area contributed by atoms with Crippen LogP contribution in [0.15, 0.2) is 66.7 Å². The zero-order valence-electron chi connectivity index (χ0n) is 22.9. The van der Waals surface area contributed by atoms with Crippen LogP contribution >= 0.6 is 0 Å². The van der Waals surface area contributed by atoms with Crippen LogP contribution in [-0.4, -0.2) is 60.8 Å². The topological polar surface area (TPSA) is 100 Å². The van der Waals surface area contributed by atoms with Gasteiger partial charge in [0.25, 0.3) is 0 Å². The number of hydrogen-bond acceptors (Lipinski definition) is 6. The van der Waals surface area contributed by atoms with Crippen molar-refractivity contribution in [2.75, 3.05) is 31.1 Å². The maximum atomic E-state index is 13.3. The SMILES string of the molecule is CC(C)(C)OC(=O)N1CCN2c3cccc(c3)[C@@H](NC(=O)OCc3ccccc3)C/C=C\CCNC(=O)[C@H]2C1. The minimum absolute atomic E-state index is 0.138. The highest BCUT2D eigenvalue weighted by Gasteiger charge is 2.36. The molecule has 2 atom stereocenters. The van der Waals surface area contributed by atoms with Gasteiger partial charge in [-0.3, -0.25) is 4.79 Å². The Bertz CT molecular complexity index is 1180. The van der Waals surface area contributed by atoms with Gasteiger partial charge in [0.2, 0.25) is 5.91 Å². The summed E-state index contributed by atoms with van der Waals surface area (Å²) in [5.74, 6) is -0.138. The number of ether oxygens (including phenoxy) is 2. The van der Waals surface area contributed by atoms with E-state index in [0.29, 0.717) is 32.5 Å². The predicted molar refractivity (Wildman–Crippen MR) is 149 cm³/mol. The summed E-state index contributed by atoms with van der Waals surface area (Å²) < 4.78 is 11.0. The Balaban J connectivity index is 1.53. The molecule has 2 N–H and O–H groups in total. The number of piperazine rings is 1. The largest absolute Gasteiger partial charge is 0.445 e. The van der Waals surface area contributed by atoms with E-state index in [4.69, 9.17) is 9.47 Å². The van der Waals surface area contributed by atoms with E-state index in [1.54, 1.807) is 4.90 Å². The molecule has 1 fully saturated rings. The normalized spacial score (nSPS) is 20.7. The fourth-order valence-corrected chi connectivity index (χ4v) is 4.66. The average molecular weight is 535 g/mol. The first-order chi connectivity index (χ1) is 18.7. The van der Waals surface area contributed by atoms with E-state index < -0.39 is 23.8 Å². The highest BCUT2D eigenvalue weighted by molar-refractivity contribution is 5.87. The van der Waals surface area contributed by atoms with Crippen molar-refractivity contribution in [3.63, 3.8) is 0 Å². The number of carbonyl (C=O) groups is 3. The molecule has 0 aromatic heterocycles. The zero-order chi connectivity index (χ0) is 27.8. The van der Waals surface area contributed by atoms with Gasteiger partial charge >= 0.3 is 12.2 Å². The Labute approximate surface area is 230 Å². The van der Waals surface area contributed by atoms with Crippen molar-refractivity contribution in [3.05, 3.63) is 77.9 Å². The third kappa shape index (κ3) is 7.99. The van der Waals surface area contributed by atoms with Crippen molar-refractivity contribution < 1.29 is 23.9 Å². The molecule has 2 aliphatic rings. The van der Waals surface area contributed by atoms with Crippen LogP contribution in [0.25, 0.3) is 0 Å². The molecule has 0 radical (unpaired) electrons. The number of nitrogens with one attached hydrogen (secondary N) is 2. The third-order valence-corrected chi connectivity index (χ3v) is 6.59. The maximum absolute atomic E-state index is 13.3. The van der Waals surface area contributed by atoms with Crippen molar-refractivity contribution in [1.29, 1.82) is 0 Å². The Kier molecular flexibility index (Phi) is 9.11. The molecular weight excluding hydrogens is 496 g/mol. The van der Waals surface area contributed by atoms with Gasteiger partial charge in [0.05, 0.1) is 12.6 Å². The van der Waals surface area contributed by atoms with Crippen molar-refractivity contribution in [3.8, 4) is 0 Å². The first kappa shape index (κ1) is 28.0. The van der Waals surface area contributed by atoms with E-state index in [0.717, 1.165) is 16.8 Å². The molecule has 2 aromatic rings. The molecule has 208 valence electrons. The van der Waals surface area contributed by atoms with Crippen molar-refractivity contribution in [2.24, 2.45) is 0 Å². The number of anilines is 1. The number of nitrogens with zero attached hydrogens (tertiary/aromatic N) is 2. The van der Waals surface area contributed by atoms with Crippen LogP contribution in [0, 0.1) is 0 Å². The monoisotopic (exact) mass is 534 g/mol. The lowest BCUT2D eigenvalue weighted by Crippen LogP contribution is -2.60. The Hall–Kier alpha value is -4.01. The van der Waals surface area contributed by atoms with Crippen molar-refractivity contribution in [1.82, 2.24) is 15.5 Å². The summed E-state index contributed by atoms with van der Waals surface area (Å²) in [5.41, 5.74) is 2.05. The summed E-state index contributed by atoms with van der Waals surface area (Å²) in [5, 5.41) is 6.02. The van der Waals surface area contributed by atoms with Crippen LogP contribution in [0.3, 0.4) is 0 Å². The van der Waals surface area contributed by atoms with Crippen molar-refractivity contribution >= 4 is 23.8 Å². The zero-order valence-corrected chi connectivity index (χ0v) is 22.9. The summed E-state index contributed by atoms with van der Waals surface area (Å²) in [6, 6.07) is 16.5. The lowest BCUT2D eigenvalue weighted by atomic mass is 10.0. The second kappa shape index (κ2) is 12.7. The van der Waals surface area contributed by atoms with Gasteiger partial charge in [0.15, 0.2) is 0 Å². The second-order valence-electron chi connectivity index (χ2n) is 10.8. The maximum Gasteiger partial charge on any atom is 0.410 e. The summed E-state index contributed by atoms with van der Waals surface area (Å²) in [7, 11) is 0. The van der Waals surface area contributed by atoms with Crippen molar-refractivity contribution in [2.45, 2.75) is 57.9 Å². The fourth-order valence-electron chi connectivity index (χ4n) is 4.66. The van der Waals surface area contributed by atoms with E-state index in [-0.39, 0.29) is 25.1 Å². The highest BCUT2D eigenvalue weighted by atomic mass is 16.6. The lowest BCUT2D eigenvalue weighted by molar-refractivity contribution is -0.123. The molecule has 9 heteroatoms. The number of alkyl carbamates (subject to hydrolysis) is 1. The molecule has 4 rings (SSSR count). The van der Waals surface area contributed by atoms with Crippen LogP contribution in [0.2, 0.25) is 0 Å². The highest BCUT2D eigenvalue weighted by Crippen LogP contribution is 2.27. The Morgan fingerprint density at radius 2 is 1.85 bits per heavy atom. The van der Waals surface area contributed by atoms with Gasteiger partial charge in [-0.2, -0.15) is 0 Å². The second-order valence-corrected chi connectivity index (χ2v) is 10.8. The van der Waals surface area contributed by atoms with E-state index in [1.807, 2.05) is 92.4 Å². The molecule has 9 nitrogen and oxygen atoms in total. The summed E-state index contributed by atoms with van der Waals surface area (Å²) in [4.78, 5) is 42.4. The predicted octanol–water partition coefficient (Wildman–Crippen LogP) is 4.55. The number of rotatable bonds is 3. The molecule has 0 aliphatic carbocycles. The molecule has 2 heterocycles. The number of fused-ring (bicyclic) bond motifs is 4. The molecule has 3 amide bonds. The smallest absolute Gasteiger partial charge is 0.410 e. The van der Waals surface area contributed by atoms with Crippen LogP contribution < -0.4 is 15.5 Å². The molecular formula is C30H38N4O5. The molecule has 0 unspecified atom stereocenters. The first-order valence-corrected chi connectivity index (χ1v) is 13.4. The number of benzene rings is 2. The summed E-state index contributed by atoms with van der Waals surface area (Å²) >= 11 is 0. The molecule has 1 saturated heterocycles. The lowest BCUT2D eigenvalue weighted by Gasteiger charge is -2.42. The third-order valence-electron chi connectivity index (χ3n) is 6.59. The fraction of sp³-hybridized carbons (Fsp3) is 0.433. The van der Waals surface area contributed by atoms with E-state index in [9.17, 15) is 14.4 Å². The molecule has 2 aromatic carbocycles. The average Bonchev–Trinajstić information content (AvgIpc) is 2.92. The first-order valence-electron chi connectivity index (χ1n) is 13.4. The Morgan fingerprint density at radius 1 is 1.05 bits per heavy atom. The molecule has 39 heavy (non-hydrogen) atoms. The standard InChI is InChI=1S/C30H38N4O5/c1-30(2,3)39-29(37)33-17-18-34-24-14-10-13-23(19-24)25(15-8-5-9-16-31-27(35)26(34)20-33)32-28(36)38-21-22-11-6-4-7-12-22/h4-8,10-14,19,25-26H,9,15-18,20-21H2,1-3H3,(H,31,35)(H,32,36)/b8-5-/t25-,26+/m0/s1. The van der Waals surface area contributed by atoms with Crippen LogP contribution in [0.5, 0.6) is 0 Å². The molecule has 2 bridgehead atoms. The van der Waals surface area contributed by atoms with Gasteiger partial charge in [-0.25, -0.2) is 9.59 Å². The summed E-state index contributed by atoms with van der Waals surface area (Å²) in [6.07, 6.45) is 4.32. The van der Waals surface area contributed by atoms with Gasteiger partial charge in [0.1, 0.15) is 18.2 Å². The summed E-state index contributed by atoms with van der Waals surface area (Å²) in [6.45, 7) is 7.26. The van der Waals surface area contributed by atoms with Gasteiger partial charge in [0, 0.05) is 25.3 Å². The van der Waals surface area contributed by atoms with Gasteiger partial charge < -0.3 is 29.9 Å². The minimum Gasteiger partial charge on any atom is -0.445 e. The van der Waals surface area contributed by atoms with E-state index >= 15 is 0 Å². The quantitative estimate of drug-likeness (QED) is 0.561. The minimum atomic E-state index is -0.619. The number of carbonyl (C=O) groups excluding carboxylic acids is 3.